The van der Waals surface area contributed by atoms with Crippen LogP contribution in [0.3, 0.4) is 0 Å². The van der Waals surface area contributed by atoms with Crippen LogP contribution in [-0.2, 0) is 6.54 Å². The molecule has 0 radical (unpaired) electrons. The molecule has 0 spiro atoms. The van der Waals surface area contributed by atoms with Crippen LogP contribution in [0.1, 0.15) is 32.4 Å². The van der Waals surface area contributed by atoms with E-state index in [1.54, 1.807) is 6.20 Å². The maximum absolute atomic E-state index is 3.91. The van der Waals surface area contributed by atoms with E-state index < -0.39 is 0 Å². The predicted octanol–water partition coefficient (Wildman–Crippen LogP) is 1.62. The van der Waals surface area contributed by atoms with Crippen LogP contribution in [0.15, 0.2) is 12.3 Å². The molecule has 0 aliphatic rings. The highest BCUT2D eigenvalue weighted by Crippen LogP contribution is 1.95. The van der Waals surface area contributed by atoms with Crippen molar-refractivity contribution < 1.29 is 0 Å². The van der Waals surface area contributed by atoms with Gasteiger partial charge in [0.2, 0.25) is 0 Å². The Morgan fingerprint density at radius 1 is 1.31 bits per heavy atom. The Morgan fingerprint density at radius 2 is 2.12 bits per heavy atom. The molecule has 92 valence electrons. The summed E-state index contributed by atoms with van der Waals surface area (Å²) in [5.41, 5.74) is 1.16. The van der Waals surface area contributed by atoms with Crippen LogP contribution >= 0.6 is 0 Å². The van der Waals surface area contributed by atoms with Gasteiger partial charge in [-0.3, -0.25) is 5.10 Å². The SMILES string of the molecule is CCN(CC)CCCCNCc1ccn[nH]1. The van der Waals surface area contributed by atoms with Gasteiger partial charge in [0, 0.05) is 18.4 Å². The summed E-state index contributed by atoms with van der Waals surface area (Å²) in [6.45, 7) is 9.97. The molecule has 0 aliphatic carbocycles. The third-order valence-corrected chi connectivity index (χ3v) is 2.85. The molecule has 0 aromatic carbocycles. The molecule has 2 N–H and O–H groups in total. The first-order valence-electron chi connectivity index (χ1n) is 6.28. The molecule has 4 nitrogen and oxygen atoms in total. The van der Waals surface area contributed by atoms with Gasteiger partial charge in [-0.25, -0.2) is 0 Å². The minimum absolute atomic E-state index is 0.894. The van der Waals surface area contributed by atoms with Crippen molar-refractivity contribution in [1.82, 2.24) is 20.4 Å². The van der Waals surface area contributed by atoms with E-state index in [0.717, 1.165) is 31.9 Å². The van der Waals surface area contributed by atoms with Crippen molar-refractivity contribution in [3.63, 3.8) is 0 Å². The van der Waals surface area contributed by atoms with Gasteiger partial charge in [-0.2, -0.15) is 5.10 Å². The molecule has 1 heterocycles. The van der Waals surface area contributed by atoms with E-state index in [2.05, 4.69) is 34.3 Å². The van der Waals surface area contributed by atoms with Crippen molar-refractivity contribution >= 4 is 0 Å². The van der Waals surface area contributed by atoms with Gasteiger partial charge in [-0.15, -0.1) is 0 Å². The van der Waals surface area contributed by atoms with Gasteiger partial charge in [0.15, 0.2) is 0 Å². The number of hydrogen-bond donors (Lipinski definition) is 2. The second kappa shape index (κ2) is 8.30. The van der Waals surface area contributed by atoms with Gasteiger partial charge in [-0.1, -0.05) is 13.8 Å². The predicted molar refractivity (Wildman–Crippen MR) is 67.3 cm³/mol. The number of nitrogens with zero attached hydrogens (tertiary/aromatic N) is 2. The molecule has 0 bridgehead atoms. The van der Waals surface area contributed by atoms with Crippen LogP contribution in [-0.4, -0.2) is 41.3 Å². The monoisotopic (exact) mass is 224 g/mol. The number of aromatic amines is 1. The summed E-state index contributed by atoms with van der Waals surface area (Å²) in [7, 11) is 0. The lowest BCUT2D eigenvalue weighted by molar-refractivity contribution is 0.296. The summed E-state index contributed by atoms with van der Waals surface area (Å²) in [6.07, 6.45) is 4.31. The van der Waals surface area contributed by atoms with Gasteiger partial charge in [0.1, 0.15) is 0 Å². The summed E-state index contributed by atoms with van der Waals surface area (Å²) < 4.78 is 0. The molecular formula is C12H24N4. The lowest BCUT2D eigenvalue weighted by Crippen LogP contribution is -2.25. The Kier molecular flexibility index (Phi) is 6.85. The molecule has 0 fully saturated rings. The Morgan fingerprint density at radius 3 is 2.75 bits per heavy atom. The Hall–Kier alpha value is -0.870. The molecule has 4 heteroatoms. The second-order valence-electron chi connectivity index (χ2n) is 3.99. The quantitative estimate of drug-likeness (QED) is 0.627. The third kappa shape index (κ3) is 5.28. The standard InChI is InChI=1S/C12H24N4/c1-3-16(4-2)10-6-5-8-13-11-12-7-9-14-15-12/h7,9,13H,3-6,8,10-11H2,1-2H3,(H,14,15). The zero-order valence-corrected chi connectivity index (χ0v) is 10.5. The smallest absolute Gasteiger partial charge is 0.0490 e. The summed E-state index contributed by atoms with van der Waals surface area (Å²) in [4.78, 5) is 2.47. The maximum Gasteiger partial charge on any atom is 0.0490 e. The number of H-pyrrole nitrogens is 1. The minimum atomic E-state index is 0.894. The lowest BCUT2D eigenvalue weighted by atomic mass is 10.3. The van der Waals surface area contributed by atoms with Crippen LogP contribution in [0.2, 0.25) is 0 Å². The second-order valence-corrected chi connectivity index (χ2v) is 3.99. The Balaban J connectivity index is 1.92. The highest BCUT2D eigenvalue weighted by molar-refractivity contribution is 4.96. The van der Waals surface area contributed by atoms with Crippen molar-refractivity contribution in [3.8, 4) is 0 Å². The van der Waals surface area contributed by atoms with Crippen molar-refractivity contribution in [2.45, 2.75) is 33.2 Å². The van der Waals surface area contributed by atoms with Gasteiger partial charge in [0.25, 0.3) is 0 Å². The summed E-state index contributed by atoms with van der Waals surface area (Å²) in [5, 5.41) is 10.3. The van der Waals surface area contributed by atoms with Crippen LogP contribution in [0.25, 0.3) is 0 Å². The molecule has 0 aliphatic heterocycles. The molecule has 1 aromatic heterocycles. The number of nitrogens with one attached hydrogen (secondary N) is 2. The zero-order chi connectivity index (χ0) is 11.6. The molecule has 1 rings (SSSR count). The fourth-order valence-corrected chi connectivity index (χ4v) is 1.73. The van der Waals surface area contributed by atoms with Crippen molar-refractivity contribution in [2.24, 2.45) is 0 Å². The summed E-state index contributed by atoms with van der Waals surface area (Å²) in [6, 6.07) is 2.00. The average Bonchev–Trinajstić information content (AvgIpc) is 2.81. The minimum Gasteiger partial charge on any atom is -0.311 e. The fourth-order valence-electron chi connectivity index (χ4n) is 1.73. The third-order valence-electron chi connectivity index (χ3n) is 2.85. The van der Waals surface area contributed by atoms with E-state index in [1.165, 1.54) is 19.4 Å². The molecule has 0 saturated heterocycles. The molecule has 0 saturated carbocycles. The number of hydrogen-bond acceptors (Lipinski definition) is 3. The van der Waals surface area contributed by atoms with Crippen molar-refractivity contribution in [1.29, 1.82) is 0 Å². The Bertz CT molecular complexity index is 242. The van der Waals surface area contributed by atoms with Gasteiger partial charge in [-0.05, 0) is 45.1 Å². The van der Waals surface area contributed by atoms with E-state index in [-0.39, 0.29) is 0 Å². The molecular weight excluding hydrogens is 200 g/mol. The van der Waals surface area contributed by atoms with Gasteiger partial charge < -0.3 is 10.2 Å². The lowest BCUT2D eigenvalue weighted by Gasteiger charge is -2.17. The molecule has 0 unspecified atom stereocenters. The molecule has 1 aromatic rings. The first kappa shape index (κ1) is 13.2. The topological polar surface area (TPSA) is 44.0 Å². The first-order chi connectivity index (χ1) is 7.86. The highest BCUT2D eigenvalue weighted by atomic mass is 15.1. The number of unbranched alkanes of at least 4 members (excludes halogenated alkanes) is 1. The van der Waals surface area contributed by atoms with E-state index >= 15 is 0 Å². The van der Waals surface area contributed by atoms with Crippen molar-refractivity contribution in [2.75, 3.05) is 26.2 Å². The van der Waals surface area contributed by atoms with Crippen LogP contribution < -0.4 is 5.32 Å². The normalized spacial score (nSPS) is 11.2. The number of aromatic nitrogens is 2. The summed E-state index contributed by atoms with van der Waals surface area (Å²) >= 11 is 0. The van der Waals surface area contributed by atoms with Crippen LogP contribution in [0, 0.1) is 0 Å². The van der Waals surface area contributed by atoms with Gasteiger partial charge >= 0.3 is 0 Å². The van der Waals surface area contributed by atoms with E-state index in [1.807, 2.05) is 6.07 Å². The van der Waals surface area contributed by atoms with E-state index in [0.29, 0.717) is 0 Å². The summed E-state index contributed by atoms with van der Waals surface area (Å²) in [5.74, 6) is 0. The molecule has 0 atom stereocenters. The van der Waals surface area contributed by atoms with Crippen LogP contribution in [0.5, 0.6) is 0 Å². The fraction of sp³-hybridized carbons (Fsp3) is 0.750. The van der Waals surface area contributed by atoms with Crippen molar-refractivity contribution in [3.05, 3.63) is 18.0 Å². The van der Waals surface area contributed by atoms with Crippen LogP contribution in [0.4, 0.5) is 0 Å². The first-order valence-corrected chi connectivity index (χ1v) is 6.28. The zero-order valence-electron chi connectivity index (χ0n) is 10.5. The Labute approximate surface area is 98.4 Å². The number of rotatable bonds is 9. The van der Waals surface area contributed by atoms with E-state index in [4.69, 9.17) is 0 Å². The molecule has 0 amide bonds. The maximum atomic E-state index is 3.91. The highest BCUT2D eigenvalue weighted by Gasteiger charge is 1.98. The van der Waals surface area contributed by atoms with Gasteiger partial charge in [0.05, 0.1) is 0 Å². The van der Waals surface area contributed by atoms with E-state index in [9.17, 15) is 0 Å². The average molecular weight is 224 g/mol. The largest absolute Gasteiger partial charge is 0.311 e. The molecule has 16 heavy (non-hydrogen) atoms.